The van der Waals surface area contributed by atoms with Crippen molar-refractivity contribution in [3.63, 3.8) is 0 Å². The van der Waals surface area contributed by atoms with E-state index in [1.807, 2.05) is 0 Å². The molecule has 15 heteroatoms. The van der Waals surface area contributed by atoms with E-state index in [2.05, 4.69) is 15.0 Å². The lowest BCUT2D eigenvalue weighted by molar-refractivity contribution is -0.308. The number of nitrogens with zero attached hydrogens (tertiary/aromatic N) is 2. The van der Waals surface area contributed by atoms with Crippen LogP contribution in [0.1, 0.15) is 25.0 Å². The standard InChI is InChI=1S/C18H16F9N3O3/c19-16(20,21)11-7-9(1-4-28-11)29-12(31)10-8-15(10)2-5-30(6-3-15)14(32)33-13(17(22,23)24)18(25,26)27/h1,4,7,10,13H,2-3,5-6,8H2,(H,28,29,31)/t10-/m0/s1. The minimum atomic E-state index is -5.83. The van der Waals surface area contributed by atoms with Gasteiger partial charge in [0.05, 0.1) is 0 Å². The van der Waals surface area contributed by atoms with E-state index in [9.17, 15) is 49.1 Å². The fraction of sp³-hybridized carbons (Fsp3) is 0.611. The summed E-state index contributed by atoms with van der Waals surface area (Å²) in [6.45, 7) is -0.475. The third-order valence-corrected chi connectivity index (χ3v) is 5.65. The Morgan fingerprint density at radius 2 is 1.64 bits per heavy atom. The molecule has 0 unspecified atom stereocenters. The van der Waals surface area contributed by atoms with Crippen LogP contribution in [0.25, 0.3) is 0 Å². The first-order valence-corrected chi connectivity index (χ1v) is 9.46. The van der Waals surface area contributed by atoms with Gasteiger partial charge in [-0.05, 0) is 36.8 Å². The van der Waals surface area contributed by atoms with Crippen LogP contribution in [0.5, 0.6) is 0 Å². The molecule has 2 heterocycles. The van der Waals surface area contributed by atoms with Crippen LogP contribution in [0.4, 0.5) is 50.0 Å². The molecule has 2 fully saturated rings. The molecular weight excluding hydrogens is 477 g/mol. The molecule has 2 aliphatic rings. The second kappa shape index (κ2) is 8.24. The zero-order valence-electron chi connectivity index (χ0n) is 16.4. The molecule has 1 atom stereocenters. The first kappa shape index (κ1) is 24.9. The fourth-order valence-electron chi connectivity index (χ4n) is 3.79. The number of piperidine rings is 1. The van der Waals surface area contributed by atoms with Gasteiger partial charge in [-0.3, -0.25) is 9.78 Å². The van der Waals surface area contributed by atoms with Crippen molar-refractivity contribution in [1.82, 2.24) is 9.88 Å². The lowest BCUT2D eigenvalue weighted by Gasteiger charge is -2.33. The monoisotopic (exact) mass is 493 g/mol. The number of hydrogen-bond acceptors (Lipinski definition) is 4. The number of carbonyl (C=O) groups is 2. The van der Waals surface area contributed by atoms with E-state index in [4.69, 9.17) is 0 Å². The van der Waals surface area contributed by atoms with Crippen molar-refractivity contribution in [2.75, 3.05) is 18.4 Å². The van der Waals surface area contributed by atoms with Gasteiger partial charge in [0.1, 0.15) is 5.69 Å². The SMILES string of the molecule is O=C(Nc1ccnc(C(F)(F)F)c1)[C@@H]1CC12CCN(C(=O)OC(C(F)(F)F)C(F)(F)F)CC2. The van der Waals surface area contributed by atoms with Crippen LogP contribution in [0.15, 0.2) is 18.3 Å². The van der Waals surface area contributed by atoms with Crippen LogP contribution in [0.2, 0.25) is 0 Å². The number of carbonyl (C=O) groups excluding carboxylic acids is 2. The number of rotatable bonds is 3. The molecule has 1 saturated heterocycles. The predicted molar refractivity (Wildman–Crippen MR) is 91.6 cm³/mol. The Hall–Kier alpha value is -2.74. The van der Waals surface area contributed by atoms with Crippen molar-refractivity contribution in [1.29, 1.82) is 0 Å². The number of alkyl halides is 9. The molecule has 1 saturated carbocycles. The number of aromatic nitrogens is 1. The van der Waals surface area contributed by atoms with Crippen molar-refractivity contribution in [2.24, 2.45) is 11.3 Å². The molecule has 1 aliphatic heterocycles. The summed E-state index contributed by atoms with van der Waals surface area (Å²) in [6, 6.07) is 1.82. The molecule has 184 valence electrons. The molecule has 0 radical (unpaired) electrons. The summed E-state index contributed by atoms with van der Waals surface area (Å²) >= 11 is 0. The van der Waals surface area contributed by atoms with E-state index in [1.54, 1.807) is 0 Å². The Morgan fingerprint density at radius 3 is 2.15 bits per heavy atom. The summed E-state index contributed by atoms with van der Waals surface area (Å²) < 4.78 is 117. The van der Waals surface area contributed by atoms with Gasteiger partial charge in [-0.25, -0.2) is 4.79 Å². The van der Waals surface area contributed by atoms with Gasteiger partial charge in [-0.2, -0.15) is 39.5 Å². The van der Waals surface area contributed by atoms with Crippen LogP contribution in [-0.4, -0.2) is 53.4 Å². The number of likely N-dealkylation sites (tertiary alicyclic amines) is 1. The average Bonchev–Trinajstić information content (AvgIpc) is 3.37. The Labute approximate surface area is 180 Å². The smallest absolute Gasteiger partial charge is 0.426 e. The molecule has 0 aromatic carbocycles. The second-order valence-electron chi connectivity index (χ2n) is 7.87. The Kier molecular flexibility index (Phi) is 6.21. The molecule has 1 aliphatic carbocycles. The van der Waals surface area contributed by atoms with Gasteiger partial charge in [0.2, 0.25) is 5.91 Å². The number of amides is 2. The normalized spacial score (nSPS) is 20.7. The molecule has 2 amide bonds. The summed E-state index contributed by atoms with van der Waals surface area (Å²) in [4.78, 5) is 28.1. The van der Waals surface area contributed by atoms with Gasteiger partial charge in [-0.15, -0.1) is 0 Å². The second-order valence-corrected chi connectivity index (χ2v) is 7.87. The molecule has 6 nitrogen and oxygen atoms in total. The first-order valence-electron chi connectivity index (χ1n) is 9.46. The van der Waals surface area contributed by atoms with Crippen molar-refractivity contribution in [2.45, 2.75) is 43.9 Å². The molecule has 3 rings (SSSR count). The lowest BCUT2D eigenvalue weighted by atomic mass is 9.91. The number of anilines is 1. The van der Waals surface area contributed by atoms with Gasteiger partial charge < -0.3 is 15.0 Å². The zero-order chi connectivity index (χ0) is 24.8. The molecular formula is C18H16F9N3O3. The highest BCUT2D eigenvalue weighted by Gasteiger charge is 2.61. The first-order chi connectivity index (χ1) is 15.0. The van der Waals surface area contributed by atoms with Crippen LogP contribution in [0, 0.1) is 11.3 Å². The van der Waals surface area contributed by atoms with Crippen molar-refractivity contribution in [3.05, 3.63) is 24.0 Å². The van der Waals surface area contributed by atoms with Crippen LogP contribution in [-0.2, 0) is 15.7 Å². The van der Waals surface area contributed by atoms with E-state index in [0.29, 0.717) is 17.4 Å². The van der Waals surface area contributed by atoms with E-state index < -0.39 is 53.7 Å². The highest BCUT2D eigenvalue weighted by Crippen LogP contribution is 2.59. The molecule has 1 N–H and O–H groups in total. The molecule has 1 aromatic rings. The minimum absolute atomic E-state index is 0.104. The summed E-state index contributed by atoms with van der Waals surface area (Å²) in [5.41, 5.74) is -1.97. The van der Waals surface area contributed by atoms with Crippen LogP contribution >= 0.6 is 0 Å². The summed E-state index contributed by atoms with van der Waals surface area (Å²) in [7, 11) is 0. The Balaban J connectivity index is 1.55. The zero-order valence-corrected chi connectivity index (χ0v) is 16.4. The summed E-state index contributed by atoms with van der Waals surface area (Å²) in [5.74, 6) is -1.21. The topological polar surface area (TPSA) is 71.5 Å². The quantitative estimate of drug-likeness (QED) is 0.616. The number of nitrogens with one attached hydrogen (secondary N) is 1. The highest BCUT2D eigenvalue weighted by molar-refractivity contribution is 5.95. The number of ether oxygens (including phenoxy) is 1. The maximum atomic E-state index is 12.7. The minimum Gasteiger partial charge on any atom is -0.426 e. The molecule has 0 bridgehead atoms. The van der Waals surface area contributed by atoms with Gasteiger partial charge in [0.15, 0.2) is 0 Å². The summed E-state index contributed by atoms with van der Waals surface area (Å²) in [5, 5.41) is 2.35. The van der Waals surface area contributed by atoms with Crippen molar-refractivity contribution >= 4 is 17.7 Å². The van der Waals surface area contributed by atoms with Gasteiger partial charge in [0.25, 0.3) is 6.10 Å². The number of hydrogen-bond donors (Lipinski definition) is 1. The molecule has 33 heavy (non-hydrogen) atoms. The average molecular weight is 493 g/mol. The number of halogens is 9. The van der Waals surface area contributed by atoms with Crippen molar-refractivity contribution in [3.8, 4) is 0 Å². The Bertz CT molecular complexity index is 892. The maximum Gasteiger partial charge on any atom is 0.434 e. The Morgan fingerprint density at radius 1 is 1.06 bits per heavy atom. The lowest BCUT2D eigenvalue weighted by Crippen LogP contribution is -2.49. The van der Waals surface area contributed by atoms with E-state index in [0.717, 1.165) is 6.20 Å². The summed E-state index contributed by atoms with van der Waals surface area (Å²) in [6.07, 6.45) is -21.0. The molecule has 1 spiro atoms. The van der Waals surface area contributed by atoms with Crippen LogP contribution < -0.4 is 5.32 Å². The largest absolute Gasteiger partial charge is 0.434 e. The predicted octanol–water partition coefficient (Wildman–Crippen LogP) is 4.77. The van der Waals surface area contributed by atoms with Gasteiger partial charge in [-0.1, -0.05) is 0 Å². The molecule has 1 aromatic heterocycles. The highest BCUT2D eigenvalue weighted by atomic mass is 19.4. The van der Waals surface area contributed by atoms with E-state index in [-0.39, 0.29) is 31.6 Å². The van der Waals surface area contributed by atoms with Crippen LogP contribution in [0.3, 0.4) is 0 Å². The van der Waals surface area contributed by atoms with Crippen molar-refractivity contribution < 1.29 is 53.8 Å². The third-order valence-electron chi connectivity index (χ3n) is 5.65. The van der Waals surface area contributed by atoms with E-state index >= 15 is 0 Å². The van der Waals surface area contributed by atoms with E-state index in [1.165, 1.54) is 6.07 Å². The fourth-order valence-corrected chi connectivity index (χ4v) is 3.79. The van der Waals surface area contributed by atoms with Gasteiger partial charge >= 0.3 is 24.6 Å². The van der Waals surface area contributed by atoms with Gasteiger partial charge in [0, 0.05) is 30.9 Å². The number of pyridine rings is 1. The third kappa shape index (κ3) is 5.61. The maximum absolute atomic E-state index is 12.7.